The maximum Gasteiger partial charge on any atom is 0.228 e. The highest BCUT2D eigenvalue weighted by molar-refractivity contribution is 7.89. The second-order valence-corrected chi connectivity index (χ2v) is 8.39. The van der Waals surface area contributed by atoms with Crippen LogP contribution < -0.4 is 4.90 Å². The van der Waals surface area contributed by atoms with E-state index in [4.69, 9.17) is 11.6 Å². The van der Waals surface area contributed by atoms with Crippen molar-refractivity contribution in [2.45, 2.75) is 25.7 Å². The number of sulfonamides is 1. The fraction of sp³-hybridized carbons (Fsp3) is 0.533. The standard InChI is InChI=1S/C15H18ClFN2O3S/c16-12-9-11-3-1-6-19(15(11)13(17)10-12)14(20)4-7-18-5-2-8-23(18,21)22/h9-10H,1-8H2. The number of hydrogen-bond donors (Lipinski definition) is 0. The molecule has 2 aliphatic rings. The molecule has 0 N–H and O–H groups in total. The molecule has 0 aliphatic carbocycles. The molecule has 8 heteroatoms. The molecule has 0 bridgehead atoms. The third-order valence-electron chi connectivity index (χ3n) is 4.28. The molecule has 1 amide bonds. The number of anilines is 1. The molecule has 1 fully saturated rings. The fourth-order valence-corrected chi connectivity index (χ4v) is 4.95. The second-order valence-electron chi connectivity index (χ2n) is 5.86. The maximum atomic E-state index is 14.2. The smallest absolute Gasteiger partial charge is 0.228 e. The van der Waals surface area contributed by atoms with E-state index >= 15 is 0 Å². The predicted octanol–water partition coefficient (Wildman–Crippen LogP) is 2.18. The van der Waals surface area contributed by atoms with Gasteiger partial charge in [-0.05, 0) is 37.0 Å². The summed E-state index contributed by atoms with van der Waals surface area (Å²) in [5.74, 6) is -0.621. The predicted molar refractivity (Wildman–Crippen MR) is 86.7 cm³/mol. The normalized spacial score (nSPS) is 20.5. The molecule has 0 atom stereocenters. The van der Waals surface area contributed by atoms with Gasteiger partial charge in [0.1, 0.15) is 5.82 Å². The summed E-state index contributed by atoms with van der Waals surface area (Å²) in [5, 5.41) is 0.318. The lowest BCUT2D eigenvalue weighted by Crippen LogP contribution is -2.38. The van der Waals surface area contributed by atoms with Crippen molar-refractivity contribution in [2.75, 3.05) is 30.3 Å². The van der Waals surface area contributed by atoms with Crippen LogP contribution >= 0.6 is 11.6 Å². The Hall–Kier alpha value is -1.18. The largest absolute Gasteiger partial charge is 0.309 e. The van der Waals surface area contributed by atoms with Gasteiger partial charge in [0.05, 0.1) is 11.4 Å². The number of benzene rings is 1. The van der Waals surface area contributed by atoms with E-state index in [1.54, 1.807) is 6.07 Å². The van der Waals surface area contributed by atoms with Crippen LogP contribution in [0.3, 0.4) is 0 Å². The highest BCUT2D eigenvalue weighted by Crippen LogP contribution is 2.33. The molecule has 126 valence electrons. The van der Waals surface area contributed by atoms with Crippen molar-refractivity contribution in [1.82, 2.24) is 4.31 Å². The molecule has 1 aromatic rings. The van der Waals surface area contributed by atoms with Gasteiger partial charge in [0.2, 0.25) is 15.9 Å². The van der Waals surface area contributed by atoms with Gasteiger partial charge in [-0.3, -0.25) is 4.79 Å². The van der Waals surface area contributed by atoms with E-state index in [9.17, 15) is 17.6 Å². The highest BCUT2D eigenvalue weighted by atomic mass is 35.5. The zero-order valence-electron chi connectivity index (χ0n) is 12.6. The van der Waals surface area contributed by atoms with E-state index in [0.29, 0.717) is 31.0 Å². The van der Waals surface area contributed by atoms with E-state index in [-0.39, 0.29) is 30.3 Å². The zero-order valence-corrected chi connectivity index (χ0v) is 14.2. The number of halogens is 2. The third-order valence-corrected chi connectivity index (χ3v) is 6.46. The summed E-state index contributed by atoms with van der Waals surface area (Å²) in [6.45, 7) is 1.05. The number of fused-ring (bicyclic) bond motifs is 1. The van der Waals surface area contributed by atoms with E-state index in [1.165, 1.54) is 15.3 Å². The van der Waals surface area contributed by atoms with Crippen LogP contribution in [0.15, 0.2) is 12.1 Å². The van der Waals surface area contributed by atoms with Gasteiger partial charge in [-0.25, -0.2) is 17.1 Å². The minimum atomic E-state index is -3.22. The Bertz CT molecular complexity index is 738. The third kappa shape index (κ3) is 3.36. The van der Waals surface area contributed by atoms with Gasteiger partial charge in [0, 0.05) is 31.1 Å². The highest BCUT2D eigenvalue weighted by Gasteiger charge is 2.30. The molecule has 5 nitrogen and oxygen atoms in total. The van der Waals surface area contributed by atoms with Crippen molar-refractivity contribution < 1.29 is 17.6 Å². The summed E-state index contributed by atoms with van der Waals surface area (Å²) in [7, 11) is -3.22. The average Bonchev–Trinajstić information content (AvgIpc) is 2.82. The van der Waals surface area contributed by atoms with Gasteiger partial charge in [0.25, 0.3) is 0 Å². The number of amides is 1. The molecule has 23 heavy (non-hydrogen) atoms. The first-order valence-corrected chi connectivity index (χ1v) is 9.63. The zero-order chi connectivity index (χ0) is 16.6. The number of carbonyl (C=O) groups is 1. The number of carbonyl (C=O) groups excluding carboxylic acids is 1. The van der Waals surface area contributed by atoms with Crippen LogP contribution in [-0.2, 0) is 21.2 Å². The molecule has 0 aromatic heterocycles. The molecule has 0 spiro atoms. The average molecular weight is 361 g/mol. The van der Waals surface area contributed by atoms with Crippen molar-refractivity contribution in [2.24, 2.45) is 0 Å². The summed E-state index contributed by atoms with van der Waals surface area (Å²) >= 11 is 5.87. The Labute approximate surface area is 140 Å². The minimum absolute atomic E-state index is 0.0563. The topological polar surface area (TPSA) is 57.7 Å². The number of hydrogen-bond acceptors (Lipinski definition) is 3. The van der Waals surface area contributed by atoms with Crippen LogP contribution in [0.4, 0.5) is 10.1 Å². The Morgan fingerprint density at radius 2 is 2.04 bits per heavy atom. The lowest BCUT2D eigenvalue weighted by Gasteiger charge is -2.30. The number of nitrogens with zero attached hydrogens (tertiary/aromatic N) is 2. The Kier molecular flexibility index (Phi) is 4.62. The molecule has 2 aliphatic heterocycles. The van der Waals surface area contributed by atoms with Crippen LogP contribution in [0.1, 0.15) is 24.8 Å². The van der Waals surface area contributed by atoms with Gasteiger partial charge in [-0.2, -0.15) is 0 Å². The minimum Gasteiger partial charge on any atom is -0.309 e. The van der Waals surface area contributed by atoms with Gasteiger partial charge >= 0.3 is 0 Å². The number of aryl methyl sites for hydroxylation is 1. The molecule has 1 saturated heterocycles. The Balaban J connectivity index is 1.75. The second kappa shape index (κ2) is 6.37. The van der Waals surface area contributed by atoms with Crippen molar-refractivity contribution in [3.8, 4) is 0 Å². The molecule has 0 unspecified atom stereocenters. The molecular weight excluding hydrogens is 343 g/mol. The van der Waals surface area contributed by atoms with Crippen LogP contribution in [0.25, 0.3) is 0 Å². The van der Waals surface area contributed by atoms with E-state index < -0.39 is 15.8 Å². The first-order valence-electron chi connectivity index (χ1n) is 7.64. The van der Waals surface area contributed by atoms with E-state index in [1.807, 2.05) is 0 Å². The fourth-order valence-electron chi connectivity index (χ4n) is 3.20. The van der Waals surface area contributed by atoms with Crippen LogP contribution in [0, 0.1) is 5.82 Å². The number of rotatable bonds is 3. The Morgan fingerprint density at radius 1 is 1.26 bits per heavy atom. The molecule has 1 aromatic carbocycles. The summed E-state index contributed by atoms with van der Waals surface area (Å²) in [4.78, 5) is 13.9. The van der Waals surface area contributed by atoms with Crippen LogP contribution in [0.2, 0.25) is 5.02 Å². The molecule has 0 radical (unpaired) electrons. The van der Waals surface area contributed by atoms with Gasteiger partial charge in [-0.15, -0.1) is 0 Å². The molecular formula is C15H18ClFN2O3S. The SMILES string of the molecule is O=C(CCN1CCCS1(=O)=O)N1CCCc2cc(Cl)cc(F)c21. The van der Waals surface area contributed by atoms with E-state index in [0.717, 1.165) is 12.0 Å². The summed E-state index contributed by atoms with van der Waals surface area (Å²) in [5.41, 5.74) is 1.01. The van der Waals surface area contributed by atoms with Crippen molar-refractivity contribution in [3.05, 3.63) is 28.5 Å². The van der Waals surface area contributed by atoms with Crippen molar-refractivity contribution in [3.63, 3.8) is 0 Å². The van der Waals surface area contributed by atoms with Crippen LogP contribution in [-0.4, -0.2) is 44.0 Å². The van der Waals surface area contributed by atoms with Gasteiger partial charge < -0.3 is 4.90 Å². The summed E-state index contributed by atoms with van der Waals surface area (Å²) in [6.07, 6.45) is 2.06. The molecule has 3 rings (SSSR count). The molecule has 0 saturated carbocycles. The first-order chi connectivity index (χ1) is 10.9. The van der Waals surface area contributed by atoms with Crippen molar-refractivity contribution >= 4 is 33.2 Å². The summed E-state index contributed by atoms with van der Waals surface area (Å²) in [6, 6.07) is 2.89. The lowest BCUT2D eigenvalue weighted by molar-refractivity contribution is -0.118. The van der Waals surface area contributed by atoms with Crippen LogP contribution in [0.5, 0.6) is 0 Å². The van der Waals surface area contributed by atoms with Crippen molar-refractivity contribution in [1.29, 1.82) is 0 Å². The maximum absolute atomic E-state index is 14.2. The summed E-state index contributed by atoms with van der Waals surface area (Å²) < 4.78 is 39.1. The molecule has 2 heterocycles. The van der Waals surface area contributed by atoms with Gasteiger partial charge in [0.15, 0.2) is 0 Å². The quantitative estimate of drug-likeness (QED) is 0.830. The van der Waals surface area contributed by atoms with Gasteiger partial charge in [-0.1, -0.05) is 11.6 Å². The monoisotopic (exact) mass is 360 g/mol. The Morgan fingerprint density at radius 3 is 2.74 bits per heavy atom. The lowest BCUT2D eigenvalue weighted by atomic mass is 10.0. The van der Waals surface area contributed by atoms with E-state index in [2.05, 4.69) is 0 Å². The first kappa shape index (κ1) is 16.7.